The Balaban J connectivity index is 2.47. The first kappa shape index (κ1) is 11.8. The molecule has 0 fully saturated rings. The van der Waals surface area contributed by atoms with Crippen LogP contribution in [0.25, 0.3) is 0 Å². The molecule has 2 heteroatoms. The summed E-state index contributed by atoms with van der Waals surface area (Å²) in [4.78, 5) is 0. The second-order valence-corrected chi connectivity index (χ2v) is 4.13. The summed E-state index contributed by atoms with van der Waals surface area (Å²) in [6.07, 6.45) is 0.854. The van der Waals surface area contributed by atoms with Crippen LogP contribution in [0.1, 0.15) is 13.3 Å². The lowest BCUT2D eigenvalue weighted by molar-refractivity contribution is 0.501. The molecule has 0 unspecified atom stereocenters. The average molecular weight is 227 g/mol. The van der Waals surface area contributed by atoms with Crippen molar-refractivity contribution >= 4 is 11.4 Å². The van der Waals surface area contributed by atoms with Crippen molar-refractivity contribution < 1.29 is 0 Å². The molecule has 0 aliphatic heterocycles. The van der Waals surface area contributed by atoms with E-state index in [4.69, 9.17) is 0 Å². The number of hydrogen-bond acceptors (Lipinski definition) is 1. The SMILES string of the molecule is CCC[N+]([O-])(c1ccccc1)c1ccccc1. The third kappa shape index (κ3) is 2.38. The molecule has 0 aliphatic carbocycles. The van der Waals surface area contributed by atoms with Gasteiger partial charge in [0.15, 0.2) is 0 Å². The van der Waals surface area contributed by atoms with Crippen LogP contribution in [0.15, 0.2) is 60.7 Å². The minimum absolute atomic E-state index is 0.377. The van der Waals surface area contributed by atoms with E-state index in [9.17, 15) is 5.21 Å². The van der Waals surface area contributed by atoms with Gasteiger partial charge in [0.25, 0.3) is 0 Å². The average Bonchev–Trinajstić information content (AvgIpc) is 2.41. The fourth-order valence-electron chi connectivity index (χ4n) is 2.06. The Hall–Kier alpha value is -1.64. The molecule has 0 radical (unpaired) electrons. The molecule has 0 saturated heterocycles. The maximum Gasteiger partial charge on any atom is 0.137 e. The number of rotatable bonds is 4. The number of hydroxylamine groups is 1. The van der Waals surface area contributed by atoms with E-state index in [-0.39, 0.29) is 4.65 Å². The lowest BCUT2D eigenvalue weighted by atomic mass is 10.2. The van der Waals surface area contributed by atoms with Gasteiger partial charge in [-0.1, -0.05) is 43.3 Å². The van der Waals surface area contributed by atoms with E-state index in [1.165, 1.54) is 0 Å². The van der Waals surface area contributed by atoms with Gasteiger partial charge >= 0.3 is 0 Å². The van der Waals surface area contributed by atoms with Crippen molar-refractivity contribution in [3.05, 3.63) is 65.9 Å². The molecule has 0 aromatic heterocycles. The Kier molecular flexibility index (Phi) is 3.57. The quantitative estimate of drug-likeness (QED) is 0.566. The van der Waals surface area contributed by atoms with Crippen LogP contribution in [-0.2, 0) is 0 Å². The van der Waals surface area contributed by atoms with E-state index in [1.54, 1.807) is 0 Å². The molecule has 2 aromatic carbocycles. The van der Waals surface area contributed by atoms with Gasteiger partial charge in [-0.15, -0.1) is 0 Å². The summed E-state index contributed by atoms with van der Waals surface area (Å²) in [5, 5.41) is 13.0. The minimum Gasteiger partial charge on any atom is -0.622 e. The van der Waals surface area contributed by atoms with Gasteiger partial charge in [0.2, 0.25) is 0 Å². The van der Waals surface area contributed by atoms with Crippen LogP contribution in [0.4, 0.5) is 11.4 Å². The molecule has 0 aliphatic rings. The summed E-state index contributed by atoms with van der Waals surface area (Å²) in [7, 11) is 0. The summed E-state index contributed by atoms with van der Waals surface area (Å²) in [6, 6.07) is 19.1. The first-order valence-corrected chi connectivity index (χ1v) is 5.97. The second-order valence-electron chi connectivity index (χ2n) is 4.13. The molecule has 0 heterocycles. The van der Waals surface area contributed by atoms with Gasteiger partial charge in [0, 0.05) is 0 Å². The predicted octanol–water partition coefficient (Wildman–Crippen LogP) is 4.23. The summed E-state index contributed by atoms with van der Waals surface area (Å²) in [5.41, 5.74) is 1.58. The van der Waals surface area contributed by atoms with Crippen molar-refractivity contribution in [3.8, 4) is 0 Å². The lowest BCUT2D eigenvalue weighted by Crippen LogP contribution is -2.38. The topological polar surface area (TPSA) is 23.1 Å². The third-order valence-corrected chi connectivity index (χ3v) is 2.89. The van der Waals surface area contributed by atoms with Crippen molar-refractivity contribution in [2.45, 2.75) is 13.3 Å². The highest BCUT2D eigenvalue weighted by Crippen LogP contribution is 2.33. The first-order valence-electron chi connectivity index (χ1n) is 5.97. The summed E-state index contributed by atoms with van der Waals surface area (Å²) >= 11 is 0. The smallest absolute Gasteiger partial charge is 0.137 e. The van der Waals surface area contributed by atoms with Crippen LogP contribution in [0.5, 0.6) is 0 Å². The highest BCUT2D eigenvalue weighted by Gasteiger charge is 2.21. The Morgan fingerprint density at radius 3 is 1.59 bits per heavy atom. The molecule has 2 aromatic rings. The van der Waals surface area contributed by atoms with Gasteiger partial charge < -0.3 is 5.21 Å². The van der Waals surface area contributed by atoms with Gasteiger partial charge in [-0.25, -0.2) is 0 Å². The number of quaternary nitrogens is 1. The molecule has 0 saturated carbocycles. The maximum absolute atomic E-state index is 13.0. The van der Waals surface area contributed by atoms with Gasteiger partial charge in [-0.05, 0) is 30.7 Å². The Morgan fingerprint density at radius 2 is 1.24 bits per heavy atom. The normalized spacial score (nSPS) is 11.4. The van der Waals surface area contributed by atoms with E-state index in [0.29, 0.717) is 6.54 Å². The molecule has 0 spiro atoms. The van der Waals surface area contributed by atoms with Crippen molar-refractivity contribution in [2.24, 2.45) is 0 Å². The number of hydrogen-bond donors (Lipinski definition) is 0. The van der Waals surface area contributed by atoms with E-state index in [2.05, 4.69) is 0 Å². The molecule has 0 atom stereocenters. The Labute approximate surface area is 102 Å². The minimum atomic E-state index is -0.377. The summed E-state index contributed by atoms with van der Waals surface area (Å²) in [6.45, 7) is 2.60. The monoisotopic (exact) mass is 227 g/mol. The molecule has 2 rings (SSSR count). The van der Waals surface area contributed by atoms with E-state index < -0.39 is 0 Å². The molecular formula is C15H17NO. The van der Waals surface area contributed by atoms with Crippen LogP contribution in [0.2, 0.25) is 0 Å². The van der Waals surface area contributed by atoms with E-state index >= 15 is 0 Å². The zero-order chi connectivity index (χ0) is 12.1. The van der Waals surface area contributed by atoms with Crippen LogP contribution >= 0.6 is 0 Å². The molecule has 0 bridgehead atoms. The predicted molar refractivity (Wildman–Crippen MR) is 72.9 cm³/mol. The standard InChI is InChI=1S/C15H17NO/c1-2-13-16(17,14-9-5-3-6-10-14)15-11-7-4-8-12-15/h3-12H,2,13H2,1H3. The summed E-state index contributed by atoms with van der Waals surface area (Å²) in [5.74, 6) is 0. The Bertz CT molecular complexity index is 413. The van der Waals surface area contributed by atoms with Crippen LogP contribution in [0.3, 0.4) is 0 Å². The second kappa shape index (κ2) is 5.13. The number of nitrogens with zero attached hydrogens (tertiary/aromatic N) is 1. The summed E-state index contributed by atoms with van der Waals surface area (Å²) < 4.78 is -0.377. The molecule has 0 N–H and O–H groups in total. The van der Waals surface area contributed by atoms with Crippen molar-refractivity contribution in [2.75, 3.05) is 6.54 Å². The largest absolute Gasteiger partial charge is 0.622 e. The van der Waals surface area contributed by atoms with Gasteiger partial charge in [-0.2, -0.15) is 0 Å². The van der Waals surface area contributed by atoms with Crippen molar-refractivity contribution in [1.82, 2.24) is 4.65 Å². The molecular weight excluding hydrogens is 210 g/mol. The zero-order valence-corrected chi connectivity index (χ0v) is 10.0. The van der Waals surface area contributed by atoms with E-state index in [0.717, 1.165) is 17.8 Å². The van der Waals surface area contributed by atoms with Crippen LogP contribution < -0.4 is 4.65 Å². The highest BCUT2D eigenvalue weighted by atomic mass is 16.5. The van der Waals surface area contributed by atoms with Gasteiger partial charge in [-0.3, -0.25) is 4.65 Å². The molecule has 17 heavy (non-hydrogen) atoms. The first-order chi connectivity index (χ1) is 8.27. The molecule has 0 amide bonds. The number of benzene rings is 2. The van der Waals surface area contributed by atoms with Crippen LogP contribution in [-0.4, -0.2) is 6.54 Å². The number of para-hydroxylation sites is 2. The fourth-order valence-corrected chi connectivity index (χ4v) is 2.06. The lowest BCUT2D eigenvalue weighted by Gasteiger charge is -2.41. The molecule has 88 valence electrons. The van der Waals surface area contributed by atoms with Gasteiger partial charge in [0.05, 0.1) is 6.54 Å². The van der Waals surface area contributed by atoms with Gasteiger partial charge in [0.1, 0.15) is 11.4 Å². The van der Waals surface area contributed by atoms with Crippen LogP contribution in [0, 0.1) is 5.21 Å². The zero-order valence-electron chi connectivity index (χ0n) is 10.0. The van der Waals surface area contributed by atoms with Crippen molar-refractivity contribution in [3.63, 3.8) is 0 Å². The van der Waals surface area contributed by atoms with Crippen molar-refractivity contribution in [1.29, 1.82) is 0 Å². The maximum atomic E-state index is 13.0. The third-order valence-electron chi connectivity index (χ3n) is 2.89. The Morgan fingerprint density at radius 1 is 0.824 bits per heavy atom. The van der Waals surface area contributed by atoms with E-state index in [1.807, 2.05) is 67.6 Å². The highest BCUT2D eigenvalue weighted by molar-refractivity contribution is 5.58. The molecule has 2 nitrogen and oxygen atoms in total. The fraction of sp³-hybridized carbons (Fsp3) is 0.200.